The Balaban J connectivity index is 1.51. The average molecular weight is 376 g/mol. The van der Waals surface area contributed by atoms with E-state index in [4.69, 9.17) is 4.52 Å². The van der Waals surface area contributed by atoms with E-state index in [1.54, 1.807) is 42.0 Å². The molecule has 28 heavy (non-hydrogen) atoms. The number of benzene rings is 2. The van der Waals surface area contributed by atoms with Crippen LogP contribution in [0.15, 0.2) is 71.4 Å². The molecule has 0 aliphatic rings. The summed E-state index contributed by atoms with van der Waals surface area (Å²) in [5, 5.41) is 6.70. The highest BCUT2D eigenvalue weighted by Crippen LogP contribution is 2.23. The quantitative estimate of drug-likeness (QED) is 0.564. The molecular formula is C21H17FN4O2. The van der Waals surface area contributed by atoms with Crippen LogP contribution in [0.2, 0.25) is 0 Å². The van der Waals surface area contributed by atoms with Gasteiger partial charge in [-0.3, -0.25) is 4.79 Å². The van der Waals surface area contributed by atoms with Gasteiger partial charge in [0.1, 0.15) is 18.1 Å². The van der Waals surface area contributed by atoms with Gasteiger partial charge in [-0.05, 0) is 36.8 Å². The zero-order valence-electron chi connectivity index (χ0n) is 15.1. The molecule has 2 aromatic heterocycles. The molecule has 0 fully saturated rings. The van der Waals surface area contributed by atoms with E-state index in [0.29, 0.717) is 28.7 Å². The summed E-state index contributed by atoms with van der Waals surface area (Å²) in [6.07, 6.45) is 1.75. The standard InChI is InChI=1S/C21H17FN4O2/c1-14-9-10-16(12-17(14)22)23-19(27)13-26-11-5-8-18(26)21-24-20(25-28-21)15-6-3-2-4-7-15/h2-12H,13H2,1H3,(H,23,27). The van der Waals surface area contributed by atoms with Gasteiger partial charge in [0.2, 0.25) is 11.7 Å². The SMILES string of the molecule is Cc1ccc(NC(=O)Cn2cccc2-c2nc(-c3ccccc3)no2)cc1F. The maximum Gasteiger partial charge on any atom is 0.274 e. The Hall–Kier alpha value is -3.74. The number of aromatic nitrogens is 3. The molecule has 2 aromatic carbocycles. The lowest BCUT2D eigenvalue weighted by Crippen LogP contribution is -2.19. The first-order chi connectivity index (χ1) is 13.6. The molecule has 0 spiro atoms. The van der Waals surface area contributed by atoms with Crippen LogP contribution >= 0.6 is 0 Å². The van der Waals surface area contributed by atoms with Crippen molar-refractivity contribution in [1.82, 2.24) is 14.7 Å². The molecule has 0 radical (unpaired) electrons. The molecule has 0 bridgehead atoms. The number of aryl methyl sites for hydroxylation is 1. The summed E-state index contributed by atoms with van der Waals surface area (Å²) in [5.74, 6) is 0.142. The minimum Gasteiger partial charge on any atom is -0.334 e. The summed E-state index contributed by atoms with van der Waals surface area (Å²) in [6, 6.07) is 17.7. The lowest BCUT2D eigenvalue weighted by atomic mass is 10.2. The maximum absolute atomic E-state index is 13.7. The third-order valence-electron chi connectivity index (χ3n) is 4.28. The highest BCUT2D eigenvalue weighted by Gasteiger charge is 2.15. The molecule has 0 aliphatic heterocycles. The largest absolute Gasteiger partial charge is 0.334 e. The van der Waals surface area contributed by atoms with Crippen LogP contribution in [0.4, 0.5) is 10.1 Å². The van der Waals surface area contributed by atoms with Crippen molar-refractivity contribution in [2.24, 2.45) is 0 Å². The van der Waals surface area contributed by atoms with Gasteiger partial charge < -0.3 is 14.4 Å². The molecule has 0 aliphatic carbocycles. The summed E-state index contributed by atoms with van der Waals surface area (Å²) < 4.78 is 20.7. The molecule has 4 rings (SSSR count). The summed E-state index contributed by atoms with van der Waals surface area (Å²) in [7, 11) is 0. The Morgan fingerprint density at radius 3 is 2.75 bits per heavy atom. The summed E-state index contributed by atoms with van der Waals surface area (Å²) in [4.78, 5) is 16.8. The van der Waals surface area contributed by atoms with E-state index in [9.17, 15) is 9.18 Å². The summed E-state index contributed by atoms with van der Waals surface area (Å²) in [6.45, 7) is 1.70. The lowest BCUT2D eigenvalue weighted by molar-refractivity contribution is -0.116. The Morgan fingerprint density at radius 1 is 1.14 bits per heavy atom. The Kier molecular flexibility index (Phi) is 4.72. The van der Waals surface area contributed by atoms with Crippen LogP contribution in [-0.4, -0.2) is 20.6 Å². The molecule has 1 amide bonds. The topological polar surface area (TPSA) is 73.0 Å². The number of carbonyl (C=O) groups excluding carboxylic acids is 1. The minimum absolute atomic E-state index is 0.0286. The van der Waals surface area contributed by atoms with Gasteiger partial charge in [0.25, 0.3) is 5.89 Å². The molecule has 0 atom stereocenters. The molecule has 0 saturated heterocycles. The van der Waals surface area contributed by atoms with Crippen LogP contribution < -0.4 is 5.32 Å². The molecule has 4 aromatic rings. The predicted octanol–water partition coefficient (Wildman–Crippen LogP) is 4.29. The Morgan fingerprint density at radius 2 is 1.96 bits per heavy atom. The van der Waals surface area contributed by atoms with Crippen molar-refractivity contribution >= 4 is 11.6 Å². The smallest absolute Gasteiger partial charge is 0.274 e. The fourth-order valence-corrected chi connectivity index (χ4v) is 2.80. The third kappa shape index (κ3) is 3.68. The van der Waals surface area contributed by atoms with Gasteiger partial charge in [-0.2, -0.15) is 4.98 Å². The first-order valence-corrected chi connectivity index (χ1v) is 8.71. The van der Waals surface area contributed by atoms with Crippen LogP contribution in [0.1, 0.15) is 5.56 Å². The molecule has 0 unspecified atom stereocenters. The molecule has 7 heteroatoms. The first-order valence-electron chi connectivity index (χ1n) is 8.71. The van der Waals surface area contributed by atoms with E-state index in [-0.39, 0.29) is 18.3 Å². The van der Waals surface area contributed by atoms with Gasteiger partial charge in [-0.25, -0.2) is 4.39 Å². The van der Waals surface area contributed by atoms with Crippen LogP contribution in [-0.2, 0) is 11.3 Å². The number of hydrogen-bond acceptors (Lipinski definition) is 4. The van der Waals surface area contributed by atoms with Gasteiger partial charge in [0.15, 0.2) is 0 Å². The number of halogens is 1. The summed E-state index contributed by atoms with van der Waals surface area (Å²) >= 11 is 0. The van der Waals surface area contributed by atoms with Crippen LogP contribution in [0.25, 0.3) is 23.0 Å². The Bertz CT molecular complexity index is 1120. The van der Waals surface area contributed by atoms with Crippen molar-refractivity contribution in [2.75, 3.05) is 5.32 Å². The van der Waals surface area contributed by atoms with Crippen LogP contribution in [0.5, 0.6) is 0 Å². The van der Waals surface area contributed by atoms with E-state index in [1.165, 1.54) is 6.07 Å². The van der Waals surface area contributed by atoms with Crippen molar-refractivity contribution in [3.63, 3.8) is 0 Å². The van der Waals surface area contributed by atoms with Crippen LogP contribution in [0, 0.1) is 12.7 Å². The van der Waals surface area contributed by atoms with E-state index < -0.39 is 0 Å². The molecule has 1 N–H and O–H groups in total. The number of amides is 1. The number of nitrogens with zero attached hydrogens (tertiary/aromatic N) is 3. The van der Waals surface area contributed by atoms with Gasteiger partial charge in [-0.1, -0.05) is 41.6 Å². The van der Waals surface area contributed by atoms with Crippen molar-refractivity contribution in [3.05, 3.63) is 78.2 Å². The highest BCUT2D eigenvalue weighted by molar-refractivity contribution is 5.90. The number of rotatable bonds is 5. The number of nitrogens with one attached hydrogen (secondary N) is 1. The molecule has 2 heterocycles. The molecule has 6 nitrogen and oxygen atoms in total. The van der Waals surface area contributed by atoms with Crippen molar-refractivity contribution in [1.29, 1.82) is 0 Å². The van der Waals surface area contributed by atoms with Crippen LogP contribution in [0.3, 0.4) is 0 Å². The van der Waals surface area contributed by atoms with Gasteiger partial charge in [0.05, 0.1) is 0 Å². The molecule has 0 saturated carbocycles. The lowest BCUT2D eigenvalue weighted by Gasteiger charge is -2.09. The maximum atomic E-state index is 13.7. The van der Waals surface area contributed by atoms with E-state index in [0.717, 1.165) is 5.56 Å². The summed E-state index contributed by atoms with van der Waals surface area (Å²) in [5.41, 5.74) is 2.40. The second-order valence-electron chi connectivity index (χ2n) is 6.32. The van der Waals surface area contributed by atoms with Gasteiger partial charge in [-0.15, -0.1) is 0 Å². The van der Waals surface area contributed by atoms with Gasteiger partial charge >= 0.3 is 0 Å². The fraction of sp³-hybridized carbons (Fsp3) is 0.0952. The molecular weight excluding hydrogens is 359 g/mol. The average Bonchev–Trinajstić information content (AvgIpc) is 3.34. The zero-order valence-corrected chi connectivity index (χ0v) is 15.1. The van der Waals surface area contributed by atoms with Crippen molar-refractivity contribution in [3.8, 4) is 23.0 Å². The molecule has 140 valence electrons. The fourth-order valence-electron chi connectivity index (χ4n) is 2.80. The zero-order chi connectivity index (χ0) is 19.5. The first kappa shape index (κ1) is 17.7. The van der Waals surface area contributed by atoms with E-state index >= 15 is 0 Å². The van der Waals surface area contributed by atoms with Crippen molar-refractivity contribution in [2.45, 2.75) is 13.5 Å². The number of hydrogen-bond donors (Lipinski definition) is 1. The normalized spacial score (nSPS) is 10.8. The predicted molar refractivity (Wildman–Crippen MR) is 103 cm³/mol. The number of anilines is 1. The second-order valence-corrected chi connectivity index (χ2v) is 6.32. The van der Waals surface area contributed by atoms with E-state index in [2.05, 4.69) is 15.5 Å². The number of carbonyl (C=O) groups is 1. The monoisotopic (exact) mass is 376 g/mol. The third-order valence-corrected chi connectivity index (χ3v) is 4.28. The minimum atomic E-state index is -0.362. The highest BCUT2D eigenvalue weighted by atomic mass is 19.1. The van der Waals surface area contributed by atoms with E-state index in [1.807, 2.05) is 30.3 Å². The Labute approximate surface area is 160 Å². The van der Waals surface area contributed by atoms with Crippen molar-refractivity contribution < 1.29 is 13.7 Å². The second kappa shape index (κ2) is 7.48. The van der Waals surface area contributed by atoms with Gasteiger partial charge in [0, 0.05) is 17.4 Å².